The van der Waals surface area contributed by atoms with Gasteiger partial charge in [0.15, 0.2) is 0 Å². The molecule has 0 radical (unpaired) electrons. The number of hydrogen-bond donors (Lipinski definition) is 0. The fourth-order valence-electron chi connectivity index (χ4n) is 4.89. The van der Waals surface area contributed by atoms with Crippen LogP contribution in [0.25, 0.3) is 11.1 Å². The van der Waals surface area contributed by atoms with Crippen LogP contribution >= 0.6 is 0 Å². The molecule has 0 heterocycles. The average Bonchev–Trinajstić information content (AvgIpc) is 3.25. The Balaban J connectivity index is 1.55. The van der Waals surface area contributed by atoms with Crippen LogP contribution in [-0.4, -0.2) is 0 Å². The molecule has 0 spiro atoms. The molecule has 2 atom stereocenters. The molecule has 0 amide bonds. The van der Waals surface area contributed by atoms with Crippen molar-refractivity contribution in [3.05, 3.63) is 88.5 Å². The molecule has 1 aliphatic rings. The first-order valence-electron chi connectivity index (χ1n) is 11.7. The molecule has 0 N–H and O–H groups in total. The van der Waals surface area contributed by atoms with Crippen LogP contribution in [0.1, 0.15) is 61.6 Å². The Hall–Kier alpha value is -2.96. The van der Waals surface area contributed by atoms with E-state index in [1.807, 2.05) is 12.1 Å². The maximum atomic E-state index is 14.7. The van der Waals surface area contributed by atoms with Gasteiger partial charge in [0.25, 0.3) is 0 Å². The molecule has 35 heavy (non-hydrogen) atoms. The highest BCUT2D eigenvalue weighted by Gasteiger charge is 2.41. The van der Waals surface area contributed by atoms with E-state index >= 15 is 0 Å². The Kier molecular flexibility index (Phi) is 7.15. The third-order valence-corrected chi connectivity index (χ3v) is 6.79. The second kappa shape index (κ2) is 9.96. The third-order valence-electron chi connectivity index (χ3n) is 6.79. The lowest BCUT2D eigenvalue weighted by Crippen LogP contribution is -2.25. The van der Waals surface area contributed by atoms with Gasteiger partial charge in [-0.05, 0) is 66.8 Å². The van der Waals surface area contributed by atoms with Gasteiger partial charge in [-0.25, -0.2) is 17.6 Å². The topological polar surface area (TPSA) is 9.23 Å². The summed E-state index contributed by atoms with van der Waals surface area (Å²) in [4.78, 5) is 0. The smallest absolute Gasteiger partial charge is 0.429 e. The van der Waals surface area contributed by atoms with Crippen LogP contribution in [0.3, 0.4) is 0 Å². The van der Waals surface area contributed by atoms with E-state index in [1.165, 1.54) is 12.8 Å². The van der Waals surface area contributed by atoms with E-state index in [0.29, 0.717) is 23.6 Å². The van der Waals surface area contributed by atoms with E-state index < -0.39 is 40.7 Å². The molecule has 1 aliphatic carbocycles. The Morgan fingerprint density at radius 3 is 2.00 bits per heavy atom. The number of hydrogen-bond acceptors (Lipinski definition) is 1. The highest BCUT2D eigenvalue weighted by molar-refractivity contribution is 5.64. The third kappa shape index (κ3) is 5.34. The number of halogens is 6. The van der Waals surface area contributed by atoms with Crippen molar-refractivity contribution < 1.29 is 31.1 Å². The van der Waals surface area contributed by atoms with Gasteiger partial charge in [-0.3, -0.25) is 0 Å². The minimum atomic E-state index is -4.50. The molecule has 1 nitrogen and oxygen atoms in total. The van der Waals surface area contributed by atoms with Gasteiger partial charge < -0.3 is 4.74 Å². The molecule has 3 aromatic rings. The molecule has 1 saturated carbocycles. The van der Waals surface area contributed by atoms with Crippen LogP contribution in [0.2, 0.25) is 0 Å². The van der Waals surface area contributed by atoms with Gasteiger partial charge in [0.2, 0.25) is 0 Å². The number of ether oxygens (including phenoxy) is 1. The molecular weight excluding hydrogens is 466 g/mol. The fourth-order valence-corrected chi connectivity index (χ4v) is 4.89. The Morgan fingerprint density at radius 2 is 1.43 bits per heavy atom. The largest absolute Gasteiger partial charge is 0.432 e. The summed E-state index contributed by atoms with van der Waals surface area (Å²) in [5, 5.41) is 0. The minimum absolute atomic E-state index is 0.0915. The summed E-state index contributed by atoms with van der Waals surface area (Å²) < 4.78 is 90.4. The van der Waals surface area contributed by atoms with E-state index in [4.69, 9.17) is 0 Å². The Morgan fingerprint density at radius 1 is 0.829 bits per heavy atom. The molecule has 7 heteroatoms. The first-order chi connectivity index (χ1) is 16.6. The zero-order valence-electron chi connectivity index (χ0n) is 19.5. The second-order valence-corrected chi connectivity index (χ2v) is 9.23. The van der Waals surface area contributed by atoms with Gasteiger partial charge >= 0.3 is 6.11 Å². The first-order valence-corrected chi connectivity index (χ1v) is 11.7. The monoisotopic (exact) mass is 492 g/mol. The van der Waals surface area contributed by atoms with Crippen LogP contribution in [0.4, 0.5) is 26.3 Å². The summed E-state index contributed by atoms with van der Waals surface area (Å²) in [5.41, 5.74) is -0.293. The molecule has 0 bridgehead atoms. The van der Waals surface area contributed by atoms with E-state index in [0.717, 1.165) is 49.8 Å². The number of benzene rings is 3. The van der Waals surface area contributed by atoms with Gasteiger partial charge in [-0.1, -0.05) is 44.0 Å². The number of alkyl halides is 2. The minimum Gasteiger partial charge on any atom is -0.429 e. The van der Waals surface area contributed by atoms with Crippen molar-refractivity contribution in [2.24, 2.45) is 5.92 Å². The van der Waals surface area contributed by atoms with Gasteiger partial charge in [0.1, 0.15) is 34.6 Å². The van der Waals surface area contributed by atoms with Crippen LogP contribution in [0.15, 0.2) is 48.5 Å². The summed E-state index contributed by atoms with van der Waals surface area (Å²) in [6.07, 6.45) is 1.29. The van der Waals surface area contributed by atoms with Crippen molar-refractivity contribution >= 4 is 0 Å². The average molecular weight is 493 g/mol. The molecule has 0 aromatic heterocycles. The Bertz CT molecular complexity index is 1160. The maximum Gasteiger partial charge on any atom is 0.432 e. The first kappa shape index (κ1) is 25.1. The lowest BCUT2D eigenvalue weighted by atomic mass is 9.93. The Labute approximate surface area is 200 Å². The van der Waals surface area contributed by atoms with Gasteiger partial charge in [0, 0.05) is 17.7 Å². The predicted molar refractivity (Wildman–Crippen MR) is 122 cm³/mol. The maximum absolute atomic E-state index is 14.7. The van der Waals surface area contributed by atoms with Crippen molar-refractivity contribution in [1.82, 2.24) is 0 Å². The summed E-state index contributed by atoms with van der Waals surface area (Å²) in [6.45, 7) is 3.30. The lowest BCUT2D eigenvalue weighted by Gasteiger charge is -2.20. The van der Waals surface area contributed by atoms with Crippen molar-refractivity contribution in [1.29, 1.82) is 0 Å². The molecule has 4 rings (SSSR count). The van der Waals surface area contributed by atoms with Crippen LogP contribution in [0, 0.1) is 36.1 Å². The molecule has 0 saturated heterocycles. The van der Waals surface area contributed by atoms with E-state index in [-0.39, 0.29) is 11.1 Å². The zero-order valence-corrected chi connectivity index (χ0v) is 19.5. The second-order valence-electron chi connectivity index (χ2n) is 9.23. The van der Waals surface area contributed by atoms with Crippen LogP contribution in [-0.2, 0) is 6.11 Å². The fraction of sp³-hybridized carbons (Fsp3) is 0.357. The molecular formula is C28H26F6O. The molecule has 186 valence electrons. The van der Waals surface area contributed by atoms with Crippen molar-refractivity contribution in [2.75, 3.05) is 0 Å². The summed E-state index contributed by atoms with van der Waals surface area (Å²) in [5.74, 6) is -5.01. The summed E-state index contributed by atoms with van der Waals surface area (Å²) in [7, 11) is 0. The number of rotatable bonds is 7. The van der Waals surface area contributed by atoms with Crippen molar-refractivity contribution in [2.45, 2.75) is 58.0 Å². The van der Waals surface area contributed by atoms with Gasteiger partial charge in [-0.2, -0.15) is 8.78 Å². The van der Waals surface area contributed by atoms with Crippen molar-refractivity contribution in [3.63, 3.8) is 0 Å². The van der Waals surface area contributed by atoms with E-state index in [1.54, 1.807) is 12.1 Å². The predicted octanol–water partition coefficient (Wildman–Crippen LogP) is 9.03. The van der Waals surface area contributed by atoms with E-state index in [9.17, 15) is 26.3 Å². The highest BCUT2D eigenvalue weighted by atomic mass is 19.3. The highest BCUT2D eigenvalue weighted by Crippen LogP contribution is 2.41. The standard InChI is InChI=1S/C28H26F6O/c1-3-4-17-5-6-20(11-17)18-7-9-19(10-8-18)21-12-25(31)27(26(32)13-21)28(33,34)35-22-14-23(29)16(2)24(30)15-22/h7-10,12-15,17,20H,3-6,11H2,1-2H3. The molecule has 2 unspecified atom stereocenters. The van der Waals surface area contributed by atoms with E-state index in [2.05, 4.69) is 11.7 Å². The normalized spacial score (nSPS) is 18.2. The SMILES string of the molecule is CCCC1CCC(c2ccc(-c3cc(F)c(C(F)(F)Oc4cc(F)c(C)c(F)c4)c(F)c3)cc2)C1. The lowest BCUT2D eigenvalue weighted by molar-refractivity contribution is -0.189. The summed E-state index contributed by atoms with van der Waals surface area (Å²) in [6, 6.07) is 9.94. The molecule has 1 fully saturated rings. The molecule has 3 aromatic carbocycles. The quantitative estimate of drug-likeness (QED) is 0.299. The van der Waals surface area contributed by atoms with Crippen LogP contribution < -0.4 is 4.74 Å². The van der Waals surface area contributed by atoms with Gasteiger partial charge in [0.05, 0.1) is 0 Å². The zero-order chi connectivity index (χ0) is 25.3. The van der Waals surface area contributed by atoms with Crippen molar-refractivity contribution in [3.8, 4) is 16.9 Å². The van der Waals surface area contributed by atoms with Gasteiger partial charge in [-0.15, -0.1) is 0 Å². The molecule has 0 aliphatic heterocycles. The summed E-state index contributed by atoms with van der Waals surface area (Å²) >= 11 is 0. The van der Waals surface area contributed by atoms with Crippen LogP contribution in [0.5, 0.6) is 5.75 Å².